The van der Waals surface area contributed by atoms with Gasteiger partial charge >= 0.3 is 0 Å². The lowest BCUT2D eigenvalue weighted by Crippen LogP contribution is -2.44. The number of aliphatic hydroxyl groups is 1. The number of fused-ring (bicyclic) bond motifs is 1. The maximum Gasteiger partial charge on any atom is 0.0826 e. The maximum absolute atomic E-state index is 10.1. The van der Waals surface area contributed by atoms with Gasteiger partial charge in [-0.05, 0) is 38.2 Å². The summed E-state index contributed by atoms with van der Waals surface area (Å²) in [6.45, 7) is 0.958. The van der Waals surface area contributed by atoms with E-state index in [1.54, 1.807) is 0 Å². The average molecular weight is 261 g/mol. The fourth-order valence-corrected chi connectivity index (χ4v) is 3.56. The van der Waals surface area contributed by atoms with Crippen LogP contribution in [0.5, 0.6) is 0 Å². The molecule has 0 amide bonds. The smallest absolute Gasteiger partial charge is 0.0826 e. The van der Waals surface area contributed by atoms with Crippen molar-refractivity contribution in [3.8, 4) is 0 Å². The van der Waals surface area contributed by atoms with Gasteiger partial charge in [0.2, 0.25) is 0 Å². The normalized spacial score (nSPS) is 31.1. The molecule has 0 saturated heterocycles. The minimum atomic E-state index is -0.297. The number of anilines is 1. The van der Waals surface area contributed by atoms with Gasteiger partial charge in [0.15, 0.2) is 0 Å². The van der Waals surface area contributed by atoms with Gasteiger partial charge in [0.05, 0.1) is 12.2 Å². The van der Waals surface area contributed by atoms with Gasteiger partial charge in [0, 0.05) is 30.9 Å². The number of para-hydroxylation sites is 1. The Hall–Kier alpha value is -1.06. The van der Waals surface area contributed by atoms with Gasteiger partial charge in [-0.3, -0.25) is 0 Å². The summed E-state index contributed by atoms with van der Waals surface area (Å²) in [5.74, 6) is 0. The predicted octanol–water partition coefficient (Wildman–Crippen LogP) is 2.89. The molecule has 3 nitrogen and oxygen atoms in total. The predicted molar refractivity (Wildman–Crippen MR) is 76.4 cm³/mol. The minimum absolute atomic E-state index is 0.297. The molecule has 3 rings (SSSR count). The average Bonchev–Trinajstić information content (AvgIpc) is 2.48. The number of ether oxygens (including phenoxy) is 1. The first-order valence-electron chi connectivity index (χ1n) is 7.36. The summed E-state index contributed by atoms with van der Waals surface area (Å²) in [6, 6.07) is 8.86. The molecule has 3 atom stereocenters. The van der Waals surface area contributed by atoms with Crippen LogP contribution < -0.4 is 4.90 Å². The number of rotatable bonds is 2. The second-order valence-electron chi connectivity index (χ2n) is 5.73. The molecule has 19 heavy (non-hydrogen) atoms. The third-order valence-electron chi connectivity index (χ3n) is 4.62. The molecule has 0 bridgehead atoms. The summed E-state index contributed by atoms with van der Waals surface area (Å²) < 4.78 is 5.55. The van der Waals surface area contributed by atoms with E-state index in [1.165, 1.54) is 24.9 Å². The highest BCUT2D eigenvalue weighted by Gasteiger charge is 2.31. The maximum atomic E-state index is 10.1. The highest BCUT2D eigenvalue weighted by Crippen LogP contribution is 2.37. The summed E-state index contributed by atoms with van der Waals surface area (Å²) in [5, 5.41) is 10.1. The fraction of sp³-hybridized carbons (Fsp3) is 0.625. The number of benzene rings is 1. The third-order valence-corrected chi connectivity index (χ3v) is 4.62. The van der Waals surface area contributed by atoms with Gasteiger partial charge in [0.25, 0.3) is 0 Å². The van der Waals surface area contributed by atoms with Gasteiger partial charge in [-0.2, -0.15) is 0 Å². The minimum Gasteiger partial charge on any atom is -0.388 e. The zero-order chi connectivity index (χ0) is 13.2. The van der Waals surface area contributed by atoms with E-state index in [-0.39, 0.29) is 6.10 Å². The molecule has 1 aromatic rings. The second kappa shape index (κ2) is 5.51. The van der Waals surface area contributed by atoms with Crippen LogP contribution in [0.25, 0.3) is 0 Å². The Morgan fingerprint density at radius 3 is 2.89 bits per heavy atom. The van der Waals surface area contributed by atoms with E-state index in [4.69, 9.17) is 4.74 Å². The summed E-state index contributed by atoms with van der Waals surface area (Å²) in [6.07, 6.45) is 5.72. The van der Waals surface area contributed by atoms with Crippen LogP contribution in [0.4, 0.5) is 5.69 Å². The Morgan fingerprint density at radius 1 is 1.21 bits per heavy atom. The molecular formula is C16H23NO2. The number of hydrogen-bond donors (Lipinski definition) is 1. The van der Waals surface area contributed by atoms with Gasteiger partial charge in [0.1, 0.15) is 0 Å². The quantitative estimate of drug-likeness (QED) is 0.888. The van der Waals surface area contributed by atoms with Crippen molar-refractivity contribution in [1.82, 2.24) is 0 Å². The standard InChI is InChI=1S/C16H23NO2/c1-19-13-6-4-5-12(11-13)17-10-9-16(18)14-7-2-3-8-15(14)17/h2-3,7-8,12-13,16,18H,4-6,9-11H2,1H3. The molecule has 1 aromatic carbocycles. The van der Waals surface area contributed by atoms with Crippen molar-refractivity contribution >= 4 is 5.69 Å². The van der Waals surface area contributed by atoms with Gasteiger partial charge in [-0.25, -0.2) is 0 Å². The Labute approximate surface area is 115 Å². The number of methoxy groups -OCH3 is 1. The Bertz CT molecular complexity index is 435. The first-order valence-corrected chi connectivity index (χ1v) is 7.36. The zero-order valence-corrected chi connectivity index (χ0v) is 11.6. The van der Waals surface area contributed by atoms with E-state index in [1.807, 2.05) is 13.2 Å². The Balaban J connectivity index is 1.84. The summed E-state index contributed by atoms with van der Waals surface area (Å²) in [5.41, 5.74) is 2.32. The number of hydrogen-bond acceptors (Lipinski definition) is 3. The molecule has 1 saturated carbocycles. The van der Waals surface area contributed by atoms with Crippen LogP contribution in [-0.2, 0) is 4.74 Å². The first-order chi connectivity index (χ1) is 9.29. The molecular weight excluding hydrogens is 238 g/mol. The largest absolute Gasteiger partial charge is 0.388 e. The van der Waals surface area contributed by atoms with Gasteiger partial charge < -0.3 is 14.7 Å². The molecule has 0 spiro atoms. The van der Waals surface area contributed by atoms with Crippen LogP contribution in [0.3, 0.4) is 0 Å². The highest BCUT2D eigenvalue weighted by atomic mass is 16.5. The fourth-order valence-electron chi connectivity index (χ4n) is 3.56. The molecule has 1 fully saturated rings. The first kappa shape index (κ1) is 12.9. The van der Waals surface area contributed by atoms with Crippen LogP contribution in [0.15, 0.2) is 24.3 Å². The van der Waals surface area contributed by atoms with E-state index in [0.29, 0.717) is 12.1 Å². The molecule has 3 unspecified atom stereocenters. The van der Waals surface area contributed by atoms with Crippen molar-refractivity contribution in [2.45, 2.75) is 50.4 Å². The molecule has 1 N–H and O–H groups in total. The number of aliphatic hydroxyl groups excluding tert-OH is 1. The summed E-state index contributed by atoms with van der Waals surface area (Å²) >= 11 is 0. The van der Waals surface area contributed by atoms with Crippen molar-refractivity contribution < 1.29 is 9.84 Å². The monoisotopic (exact) mass is 261 g/mol. The van der Waals surface area contributed by atoms with E-state index >= 15 is 0 Å². The summed E-state index contributed by atoms with van der Waals surface area (Å²) in [4.78, 5) is 2.49. The van der Waals surface area contributed by atoms with E-state index < -0.39 is 0 Å². The molecule has 2 aliphatic rings. The second-order valence-corrected chi connectivity index (χ2v) is 5.73. The van der Waals surface area contributed by atoms with Crippen LogP contribution in [0.2, 0.25) is 0 Å². The lowest BCUT2D eigenvalue weighted by molar-refractivity contribution is 0.0618. The van der Waals surface area contributed by atoms with Crippen LogP contribution >= 0.6 is 0 Å². The van der Waals surface area contributed by atoms with Crippen molar-refractivity contribution in [2.75, 3.05) is 18.6 Å². The molecule has 1 aliphatic carbocycles. The van der Waals surface area contributed by atoms with Gasteiger partial charge in [-0.1, -0.05) is 18.2 Å². The van der Waals surface area contributed by atoms with Crippen molar-refractivity contribution in [1.29, 1.82) is 0 Å². The van der Waals surface area contributed by atoms with Crippen molar-refractivity contribution in [2.24, 2.45) is 0 Å². The molecule has 104 valence electrons. The molecule has 1 aliphatic heterocycles. The van der Waals surface area contributed by atoms with Crippen LogP contribution in [-0.4, -0.2) is 30.9 Å². The van der Waals surface area contributed by atoms with E-state index in [2.05, 4.69) is 23.1 Å². The number of nitrogens with zero attached hydrogens (tertiary/aromatic N) is 1. The molecule has 0 radical (unpaired) electrons. The lowest BCUT2D eigenvalue weighted by atomic mass is 9.88. The SMILES string of the molecule is COC1CCCC(N2CCC(O)c3ccccc32)C1. The van der Waals surface area contributed by atoms with Crippen LogP contribution in [0.1, 0.15) is 43.8 Å². The molecule has 3 heteroatoms. The third kappa shape index (κ3) is 2.49. The van der Waals surface area contributed by atoms with Crippen molar-refractivity contribution in [3.05, 3.63) is 29.8 Å². The Kier molecular flexibility index (Phi) is 3.76. The van der Waals surface area contributed by atoms with E-state index in [9.17, 15) is 5.11 Å². The summed E-state index contributed by atoms with van der Waals surface area (Å²) in [7, 11) is 1.82. The van der Waals surface area contributed by atoms with Gasteiger partial charge in [-0.15, -0.1) is 0 Å². The molecule has 1 heterocycles. The van der Waals surface area contributed by atoms with Crippen molar-refractivity contribution in [3.63, 3.8) is 0 Å². The zero-order valence-electron chi connectivity index (χ0n) is 11.6. The van der Waals surface area contributed by atoms with E-state index in [0.717, 1.165) is 24.9 Å². The topological polar surface area (TPSA) is 32.7 Å². The molecule has 0 aromatic heterocycles. The Morgan fingerprint density at radius 2 is 2.05 bits per heavy atom. The lowest BCUT2D eigenvalue weighted by Gasteiger charge is -2.42. The van der Waals surface area contributed by atoms with Crippen LogP contribution in [0, 0.1) is 0 Å². The highest BCUT2D eigenvalue weighted by molar-refractivity contribution is 5.57.